The standard InChI is InChI=1S/C15H19ClFN3O2/c1-10(2)18-15(22)20-8-6-19(7-9-20)14(21)13-11(16)4-3-5-12(13)17/h3-5,10H,6-9H2,1-2H3,(H,18,22). The molecule has 22 heavy (non-hydrogen) atoms. The van der Waals surface area contributed by atoms with Crippen molar-refractivity contribution in [3.8, 4) is 0 Å². The van der Waals surface area contributed by atoms with Gasteiger partial charge < -0.3 is 15.1 Å². The molecule has 0 spiro atoms. The average Bonchev–Trinajstić information content (AvgIpc) is 2.46. The number of hydrogen-bond donors (Lipinski definition) is 1. The summed E-state index contributed by atoms with van der Waals surface area (Å²) in [6.07, 6.45) is 0. The third-order valence-electron chi connectivity index (χ3n) is 3.44. The molecule has 1 aliphatic rings. The van der Waals surface area contributed by atoms with Crippen LogP contribution in [0.4, 0.5) is 9.18 Å². The van der Waals surface area contributed by atoms with Gasteiger partial charge in [-0.15, -0.1) is 0 Å². The molecule has 1 aromatic carbocycles. The Bertz CT molecular complexity index is 552. The predicted molar refractivity (Wildman–Crippen MR) is 82.6 cm³/mol. The first-order valence-electron chi connectivity index (χ1n) is 7.19. The Balaban J connectivity index is 2.00. The fraction of sp³-hybridized carbons (Fsp3) is 0.467. The van der Waals surface area contributed by atoms with E-state index in [4.69, 9.17) is 11.6 Å². The molecule has 1 fully saturated rings. The van der Waals surface area contributed by atoms with E-state index < -0.39 is 11.7 Å². The van der Waals surface area contributed by atoms with Crippen LogP contribution in [0.15, 0.2) is 18.2 Å². The first-order valence-corrected chi connectivity index (χ1v) is 7.56. The summed E-state index contributed by atoms with van der Waals surface area (Å²) in [5.74, 6) is -1.07. The number of urea groups is 1. The molecule has 1 aliphatic heterocycles. The maximum atomic E-state index is 13.8. The van der Waals surface area contributed by atoms with Gasteiger partial charge in [-0.3, -0.25) is 4.79 Å². The van der Waals surface area contributed by atoms with Crippen LogP contribution in [0.3, 0.4) is 0 Å². The molecular formula is C15H19ClFN3O2. The minimum Gasteiger partial charge on any atom is -0.336 e. The third kappa shape index (κ3) is 3.68. The number of halogens is 2. The Labute approximate surface area is 134 Å². The van der Waals surface area contributed by atoms with Gasteiger partial charge in [0.05, 0.1) is 10.6 Å². The molecule has 1 aromatic rings. The highest BCUT2D eigenvalue weighted by Gasteiger charge is 2.27. The van der Waals surface area contributed by atoms with E-state index in [0.29, 0.717) is 26.2 Å². The minimum atomic E-state index is -0.627. The minimum absolute atomic E-state index is 0.0596. The molecule has 1 N–H and O–H groups in total. The van der Waals surface area contributed by atoms with Gasteiger partial charge in [0.2, 0.25) is 0 Å². The monoisotopic (exact) mass is 327 g/mol. The van der Waals surface area contributed by atoms with E-state index in [1.165, 1.54) is 23.1 Å². The van der Waals surface area contributed by atoms with E-state index in [1.54, 1.807) is 4.90 Å². The summed E-state index contributed by atoms with van der Waals surface area (Å²) < 4.78 is 13.8. The van der Waals surface area contributed by atoms with Gasteiger partial charge >= 0.3 is 6.03 Å². The van der Waals surface area contributed by atoms with Crippen molar-refractivity contribution in [3.63, 3.8) is 0 Å². The van der Waals surface area contributed by atoms with E-state index in [1.807, 2.05) is 13.8 Å². The molecular weight excluding hydrogens is 309 g/mol. The highest BCUT2D eigenvalue weighted by Crippen LogP contribution is 2.21. The number of carbonyl (C=O) groups excluding carboxylic acids is 2. The Morgan fingerprint density at radius 1 is 1.18 bits per heavy atom. The van der Waals surface area contributed by atoms with Crippen molar-refractivity contribution in [1.29, 1.82) is 0 Å². The van der Waals surface area contributed by atoms with Crippen LogP contribution < -0.4 is 5.32 Å². The molecule has 3 amide bonds. The molecule has 1 saturated heterocycles. The molecule has 0 saturated carbocycles. The Morgan fingerprint density at radius 3 is 2.32 bits per heavy atom. The lowest BCUT2D eigenvalue weighted by atomic mass is 10.1. The van der Waals surface area contributed by atoms with Gasteiger partial charge in [-0.25, -0.2) is 9.18 Å². The molecule has 1 heterocycles. The number of amides is 3. The van der Waals surface area contributed by atoms with Crippen LogP contribution in [0.5, 0.6) is 0 Å². The number of hydrogen-bond acceptors (Lipinski definition) is 2. The number of carbonyl (C=O) groups is 2. The second-order valence-electron chi connectivity index (χ2n) is 5.48. The lowest BCUT2D eigenvalue weighted by Gasteiger charge is -2.35. The summed E-state index contributed by atoms with van der Waals surface area (Å²) in [6.45, 7) is 5.31. The van der Waals surface area contributed by atoms with Crippen molar-refractivity contribution in [2.75, 3.05) is 26.2 Å². The number of rotatable bonds is 2. The SMILES string of the molecule is CC(C)NC(=O)N1CCN(C(=O)c2c(F)cccc2Cl)CC1. The third-order valence-corrected chi connectivity index (χ3v) is 3.76. The smallest absolute Gasteiger partial charge is 0.317 e. The second-order valence-corrected chi connectivity index (χ2v) is 5.89. The second kappa shape index (κ2) is 6.96. The quantitative estimate of drug-likeness (QED) is 0.906. The fourth-order valence-corrected chi connectivity index (χ4v) is 2.55. The van der Waals surface area contributed by atoms with Crippen LogP contribution in [-0.2, 0) is 0 Å². The van der Waals surface area contributed by atoms with Gasteiger partial charge in [-0.1, -0.05) is 17.7 Å². The molecule has 0 atom stereocenters. The highest BCUT2D eigenvalue weighted by atomic mass is 35.5. The normalized spacial score (nSPS) is 15.1. The van der Waals surface area contributed by atoms with Crippen LogP contribution in [0, 0.1) is 5.82 Å². The predicted octanol–water partition coefficient (Wildman–Crippen LogP) is 2.35. The maximum absolute atomic E-state index is 13.8. The zero-order valence-corrected chi connectivity index (χ0v) is 13.4. The first-order chi connectivity index (χ1) is 10.4. The van der Waals surface area contributed by atoms with Gasteiger partial charge in [0.1, 0.15) is 5.82 Å². The van der Waals surface area contributed by atoms with Crippen molar-refractivity contribution in [2.45, 2.75) is 19.9 Å². The summed E-state index contributed by atoms with van der Waals surface area (Å²) >= 11 is 5.92. The lowest BCUT2D eigenvalue weighted by molar-refractivity contribution is 0.0659. The van der Waals surface area contributed by atoms with Crippen LogP contribution >= 0.6 is 11.6 Å². The molecule has 0 unspecified atom stereocenters. The van der Waals surface area contributed by atoms with Gasteiger partial charge in [0.25, 0.3) is 5.91 Å². The first kappa shape index (κ1) is 16.5. The molecule has 7 heteroatoms. The molecule has 5 nitrogen and oxygen atoms in total. The summed E-state index contributed by atoms with van der Waals surface area (Å²) in [5, 5.41) is 2.91. The summed E-state index contributed by atoms with van der Waals surface area (Å²) in [7, 11) is 0. The zero-order chi connectivity index (χ0) is 16.3. The van der Waals surface area contributed by atoms with Crippen molar-refractivity contribution in [3.05, 3.63) is 34.6 Å². The van der Waals surface area contributed by atoms with Gasteiger partial charge in [-0.05, 0) is 26.0 Å². The number of nitrogens with one attached hydrogen (secondary N) is 1. The molecule has 0 radical (unpaired) electrons. The number of piperazine rings is 1. The van der Waals surface area contributed by atoms with E-state index in [9.17, 15) is 14.0 Å². The maximum Gasteiger partial charge on any atom is 0.317 e. The summed E-state index contributed by atoms with van der Waals surface area (Å²) in [4.78, 5) is 27.4. The topological polar surface area (TPSA) is 52.7 Å². The van der Waals surface area contributed by atoms with Crippen molar-refractivity contribution in [1.82, 2.24) is 15.1 Å². The van der Waals surface area contributed by atoms with E-state index >= 15 is 0 Å². The molecule has 120 valence electrons. The Kier molecular flexibility index (Phi) is 5.24. The highest BCUT2D eigenvalue weighted by molar-refractivity contribution is 6.33. The summed E-state index contributed by atoms with van der Waals surface area (Å²) in [5.41, 5.74) is -0.107. The Morgan fingerprint density at radius 2 is 1.77 bits per heavy atom. The number of nitrogens with zero attached hydrogens (tertiary/aromatic N) is 2. The van der Waals surface area contributed by atoms with E-state index in [2.05, 4.69) is 5.32 Å². The molecule has 0 aromatic heterocycles. The Hall–Kier alpha value is -1.82. The largest absolute Gasteiger partial charge is 0.336 e. The van der Waals surface area contributed by atoms with Crippen molar-refractivity contribution < 1.29 is 14.0 Å². The average molecular weight is 328 g/mol. The molecule has 0 aliphatic carbocycles. The van der Waals surface area contributed by atoms with Crippen molar-refractivity contribution >= 4 is 23.5 Å². The van der Waals surface area contributed by atoms with Gasteiger partial charge in [0.15, 0.2) is 0 Å². The van der Waals surface area contributed by atoms with Gasteiger partial charge in [-0.2, -0.15) is 0 Å². The van der Waals surface area contributed by atoms with Crippen LogP contribution in [-0.4, -0.2) is 54.0 Å². The van der Waals surface area contributed by atoms with E-state index in [-0.39, 0.29) is 22.7 Å². The van der Waals surface area contributed by atoms with Gasteiger partial charge in [0, 0.05) is 32.2 Å². The zero-order valence-electron chi connectivity index (χ0n) is 12.6. The van der Waals surface area contributed by atoms with Crippen LogP contribution in [0.2, 0.25) is 5.02 Å². The molecule has 0 bridgehead atoms. The van der Waals surface area contributed by atoms with E-state index in [0.717, 1.165) is 0 Å². The van der Waals surface area contributed by atoms with Crippen LogP contribution in [0.25, 0.3) is 0 Å². The van der Waals surface area contributed by atoms with Crippen molar-refractivity contribution in [2.24, 2.45) is 0 Å². The lowest BCUT2D eigenvalue weighted by Crippen LogP contribution is -2.54. The van der Waals surface area contributed by atoms with Crippen LogP contribution in [0.1, 0.15) is 24.2 Å². The number of benzene rings is 1. The summed E-state index contributed by atoms with van der Waals surface area (Å²) in [6, 6.07) is 4.08. The molecule has 2 rings (SSSR count). The fourth-order valence-electron chi connectivity index (χ4n) is 2.31.